The van der Waals surface area contributed by atoms with Gasteiger partial charge < -0.3 is 10.1 Å². The van der Waals surface area contributed by atoms with Crippen LogP contribution >= 0.6 is 15.9 Å². The first-order valence-corrected chi connectivity index (χ1v) is 7.20. The average Bonchev–Trinajstić information content (AvgIpc) is 2.44. The zero-order valence-electron chi connectivity index (χ0n) is 8.46. The van der Waals surface area contributed by atoms with Crippen molar-refractivity contribution in [2.24, 2.45) is 0 Å². The Hall–Kier alpha value is -0.960. The molecule has 0 fully saturated rings. The summed E-state index contributed by atoms with van der Waals surface area (Å²) in [6.07, 6.45) is 2.99. The van der Waals surface area contributed by atoms with Gasteiger partial charge in [0.15, 0.2) is 0 Å². The summed E-state index contributed by atoms with van der Waals surface area (Å²) >= 11 is 3.01. The number of halogens is 1. The topological polar surface area (TPSA) is 95.1 Å². The van der Waals surface area contributed by atoms with Crippen LogP contribution in [0.2, 0.25) is 0 Å². The summed E-state index contributed by atoms with van der Waals surface area (Å²) in [6, 6.07) is 0. The third-order valence-corrected chi connectivity index (χ3v) is 3.36. The molecule has 9 heteroatoms. The van der Waals surface area contributed by atoms with Gasteiger partial charge in [0.25, 0.3) is 0 Å². The summed E-state index contributed by atoms with van der Waals surface area (Å²) in [5, 5.41) is 14.2. The highest BCUT2D eigenvalue weighted by molar-refractivity contribution is 9.10. The van der Waals surface area contributed by atoms with E-state index in [2.05, 4.69) is 21.0 Å². The average molecular weight is 312 g/mol. The number of rotatable bonds is 5. The minimum atomic E-state index is -3.00. The molecule has 0 spiro atoms. The molecule has 0 atom stereocenters. The fourth-order valence-corrected chi connectivity index (χ4v) is 2.23. The molecular formula is C7H10BrN3O4S. The molecule has 0 N–H and O–H groups in total. The maximum atomic E-state index is 10.9. The van der Waals surface area contributed by atoms with Crippen molar-refractivity contribution in [3.05, 3.63) is 20.8 Å². The van der Waals surface area contributed by atoms with Gasteiger partial charge in [-0.1, -0.05) is 0 Å². The Bertz CT molecular complexity index is 496. The monoisotopic (exact) mass is 311 g/mol. The Balaban J connectivity index is 2.62. The molecule has 1 heterocycles. The van der Waals surface area contributed by atoms with E-state index < -0.39 is 14.8 Å². The van der Waals surface area contributed by atoms with E-state index in [0.29, 0.717) is 13.0 Å². The molecule has 90 valence electrons. The van der Waals surface area contributed by atoms with E-state index in [1.807, 2.05) is 0 Å². The molecule has 1 aromatic rings. The summed E-state index contributed by atoms with van der Waals surface area (Å²) in [7, 11) is -3.00. The fraction of sp³-hybridized carbons (Fsp3) is 0.571. The number of sulfone groups is 1. The Labute approximate surface area is 101 Å². The Morgan fingerprint density at radius 1 is 1.62 bits per heavy atom. The minimum absolute atomic E-state index is 0.0400. The van der Waals surface area contributed by atoms with Crippen molar-refractivity contribution in [2.75, 3.05) is 12.0 Å². The smallest absolute Gasteiger partial charge is 0.358 e. The Morgan fingerprint density at radius 2 is 2.25 bits per heavy atom. The van der Waals surface area contributed by atoms with Crippen LogP contribution in [-0.4, -0.2) is 35.1 Å². The lowest BCUT2D eigenvalue weighted by Crippen LogP contribution is -2.08. The van der Waals surface area contributed by atoms with E-state index in [1.54, 1.807) is 0 Å². The van der Waals surface area contributed by atoms with Gasteiger partial charge in [-0.25, -0.2) is 8.42 Å². The molecule has 0 saturated carbocycles. The Kier molecular flexibility index (Phi) is 4.03. The zero-order valence-corrected chi connectivity index (χ0v) is 10.9. The highest BCUT2D eigenvalue weighted by atomic mass is 79.9. The quantitative estimate of drug-likeness (QED) is 0.597. The second kappa shape index (κ2) is 4.91. The van der Waals surface area contributed by atoms with E-state index in [9.17, 15) is 18.5 Å². The molecule has 0 aromatic carbocycles. The van der Waals surface area contributed by atoms with Gasteiger partial charge in [0, 0.05) is 6.26 Å². The van der Waals surface area contributed by atoms with Gasteiger partial charge in [0.05, 0.1) is 23.6 Å². The minimum Gasteiger partial charge on any atom is -0.358 e. The number of nitrogens with zero attached hydrogens (tertiary/aromatic N) is 3. The fourth-order valence-electron chi connectivity index (χ4n) is 1.11. The van der Waals surface area contributed by atoms with Crippen molar-refractivity contribution in [3.63, 3.8) is 0 Å². The molecule has 0 amide bonds. The molecule has 0 bridgehead atoms. The lowest BCUT2D eigenvalue weighted by atomic mass is 10.5. The largest absolute Gasteiger partial charge is 0.404 e. The van der Waals surface area contributed by atoms with E-state index in [-0.39, 0.29) is 16.0 Å². The summed E-state index contributed by atoms with van der Waals surface area (Å²) in [5.74, 6) is -0.225. The van der Waals surface area contributed by atoms with Gasteiger partial charge in [-0.2, -0.15) is 4.68 Å². The zero-order chi connectivity index (χ0) is 12.3. The van der Waals surface area contributed by atoms with Gasteiger partial charge in [-0.3, -0.25) is 0 Å². The van der Waals surface area contributed by atoms with Crippen LogP contribution in [0.4, 0.5) is 5.82 Å². The molecule has 0 aliphatic heterocycles. The third-order valence-electron chi connectivity index (χ3n) is 1.77. The van der Waals surface area contributed by atoms with Crippen LogP contribution < -0.4 is 0 Å². The van der Waals surface area contributed by atoms with E-state index in [4.69, 9.17) is 0 Å². The first kappa shape index (κ1) is 13.1. The summed E-state index contributed by atoms with van der Waals surface area (Å²) < 4.78 is 23.4. The van der Waals surface area contributed by atoms with E-state index in [0.717, 1.165) is 6.26 Å². The molecular weight excluding hydrogens is 302 g/mol. The number of aryl methyl sites for hydroxylation is 1. The molecule has 7 nitrogen and oxygen atoms in total. The number of hydrogen-bond donors (Lipinski definition) is 0. The molecule has 0 radical (unpaired) electrons. The third kappa shape index (κ3) is 3.89. The van der Waals surface area contributed by atoms with E-state index >= 15 is 0 Å². The molecule has 1 rings (SSSR count). The second-order valence-corrected chi connectivity index (χ2v) is 6.42. The van der Waals surface area contributed by atoms with Crippen LogP contribution in [0.15, 0.2) is 10.7 Å². The van der Waals surface area contributed by atoms with E-state index in [1.165, 1.54) is 10.9 Å². The van der Waals surface area contributed by atoms with Crippen LogP contribution in [-0.2, 0) is 16.4 Å². The molecule has 0 aliphatic carbocycles. The summed E-state index contributed by atoms with van der Waals surface area (Å²) in [4.78, 5) is 9.87. The first-order valence-electron chi connectivity index (χ1n) is 4.34. The number of aromatic nitrogens is 2. The maximum absolute atomic E-state index is 10.9. The van der Waals surface area contributed by atoms with Crippen molar-refractivity contribution >= 4 is 31.6 Å². The number of nitro groups is 1. The van der Waals surface area contributed by atoms with Gasteiger partial charge >= 0.3 is 5.82 Å². The summed E-state index contributed by atoms with van der Waals surface area (Å²) in [5.41, 5.74) is 0. The lowest BCUT2D eigenvalue weighted by Gasteiger charge is -1.96. The molecule has 0 aliphatic rings. The van der Waals surface area contributed by atoms with Gasteiger partial charge in [0.1, 0.15) is 14.3 Å². The lowest BCUT2D eigenvalue weighted by molar-refractivity contribution is -0.390. The van der Waals surface area contributed by atoms with Crippen molar-refractivity contribution < 1.29 is 13.3 Å². The SMILES string of the molecule is CS(=O)(=O)CCCn1cc(Br)c([N+](=O)[O-])n1. The van der Waals surface area contributed by atoms with Crippen molar-refractivity contribution in [1.82, 2.24) is 9.78 Å². The predicted octanol–water partition coefficient (Wildman–Crippen LogP) is 0.988. The van der Waals surface area contributed by atoms with Crippen LogP contribution in [0.25, 0.3) is 0 Å². The van der Waals surface area contributed by atoms with Crippen LogP contribution in [0.3, 0.4) is 0 Å². The molecule has 1 aromatic heterocycles. The molecule has 0 saturated heterocycles. The van der Waals surface area contributed by atoms with Crippen LogP contribution in [0.5, 0.6) is 0 Å². The van der Waals surface area contributed by atoms with Crippen molar-refractivity contribution in [2.45, 2.75) is 13.0 Å². The van der Waals surface area contributed by atoms with Crippen LogP contribution in [0.1, 0.15) is 6.42 Å². The molecule has 0 unspecified atom stereocenters. The maximum Gasteiger partial charge on any atom is 0.404 e. The Morgan fingerprint density at radius 3 is 2.69 bits per heavy atom. The standard InChI is InChI=1S/C7H10BrN3O4S/c1-16(14,15)4-2-3-10-5-6(8)7(9-10)11(12)13/h5H,2-4H2,1H3. The van der Waals surface area contributed by atoms with Crippen molar-refractivity contribution in [3.8, 4) is 0 Å². The predicted molar refractivity (Wildman–Crippen MR) is 60.9 cm³/mol. The second-order valence-electron chi connectivity index (χ2n) is 3.30. The van der Waals surface area contributed by atoms with Crippen molar-refractivity contribution in [1.29, 1.82) is 0 Å². The van der Waals surface area contributed by atoms with Gasteiger partial charge in [-0.05, 0) is 27.3 Å². The van der Waals surface area contributed by atoms with Crippen LogP contribution in [0, 0.1) is 10.1 Å². The highest BCUT2D eigenvalue weighted by Crippen LogP contribution is 2.21. The highest BCUT2D eigenvalue weighted by Gasteiger charge is 2.18. The van der Waals surface area contributed by atoms with Gasteiger partial charge in [0.2, 0.25) is 0 Å². The normalized spacial score (nSPS) is 11.6. The number of hydrogen-bond acceptors (Lipinski definition) is 5. The summed E-state index contributed by atoms with van der Waals surface area (Å²) in [6.45, 7) is 0.333. The first-order chi connectivity index (χ1) is 7.29. The molecule has 16 heavy (non-hydrogen) atoms. The van der Waals surface area contributed by atoms with Gasteiger partial charge in [-0.15, -0.1) is 0 Å².